The molecule has 1 aromatic rings. The SMILES string of the molecule is C[C@H](CNC(=O)N(Cc1ccccc1)[C@@H](C)CNC(=O)ON1C(=O)CCC1=O)NC(=O)NC[C@H](C)NC(=O)NC[C@@H](C)NC(=O)OC(C)(C)C. The molecule has 18 nitrogen and oxygen atoms in total. The van der Waals surface area contributed by atoms with Gasteiger partial charge in [-0.15, -0.1) is 5.06 Å². The molecule has 1 aliphatic rings. The van der Waals surface area contributed by atoms with Crippen molar-refractivity contribution < 1.29 is 43.1 Å². The first-order valence-corrected chi connectivity index (χ1v) is 16.4. The Kier molecular flexibility index (Phi) is 16.1. The van der Waals surface area contributed by atoms with Crippen LogP contribution >= 0.6 is 0 Å². The van der Waals surface area contributed by atoms with Gasteiger partial charge < -0.3 is 51.7 Å². The molecular weight excluding hydrogens is 654 g/mol. The maximum Gasteiger partial charge on any atom is 0.432 e. The van der Waals surface area contributed by atoms with Crippen LogP contribution in [0.2, 0.25) is 0 Å². The number of hydroxylamine groups is 2. The van der Waals surface area contributed by atoms with E-state index in [1.165, 1.54) is 4.90 Å². The molecule has 0 aromatic heterocycles. The number of carbonyl (C=O) groups excluding carboxylic acids is 7. The third-order valence-electron chi connectivity index (χ3n) is 6.93. The van der Waals surface area contributed by atoms with Crippen molar-refractivity contribution in [1.82, 2.24) is 47.2 Å². The fourth-order valence-electron chi connectivity index (χ4n) is 4.37. The zero-order valence-electron chi connectivity index (χ0n) is 29.7. The Balaban J connectivity index is 1.77. The highest BCUT2D eigenvalue weighted by Gasteiger charge is 2.33. The fraction of sp³-hybridized carbons (Fsp3) is 0.594. The molecule has 10 amide bonds. The number of imide groups is 1. The van der Waals surface area contributed by atoms with E-state index in [1.54, 1.807) is 48.5 Å². The number of hydrogen-bond acceptors (Lipinski definition) is 9. The standard InChI is InChI=1S/C32H51N9O9/c1-20(37-28(45)34-16-22(3)39-31(48)49-32(5,6)7)15-33-27(44)38-21(2)17-35-29(46)40(19-24-11-9-8-10-12-24)23(4)18-36-30(47)50-41-25(42)13-14-26(41)43/h8-12,20-23H,13-19H2,1-7H3,(H,35,46)(H,36,47)(H,39,48)(H2,33,38,44)(H2,34,37,45)/t20-,21+,22+,23-/m0/s1. The van der Waals surface area contributed by atoms with Gasteiger partial charge >= 0.3 is 30.3 Å². The molecule has 50 heavy (non-hydrogen) atoms. The third kappa shape index (κ3) is 15.7. The molecule has 7 N–H and O–H groups in total. The molecule has 1 fully saturated rings. The highest BCUT2D eigenvalue weighted by molar-refractivity contribution is 6.01. The minimum absolute atomic E-state index is 0.0316. The lowest BCUT2D eigenvalue weighted by atomic mass is 10.2. The second-order valence-corrected chi connectivity index (χ2v) is 13.0. The highest BCUT2D eigenvalue weighted by atomic mass is 16.7. The number of alkyl carbamates (subject to hydrolysis) is 1. The Morgan fingerprint density at radius 3 is 1.74 bits per heavy atom. The van der Waals surface area contributed by atoms with Crippen LogP contribution in [0, 0.1) is 0 Å². The molecule has 278 valence electrons. The average Bonchev–Trinajstić information content (AvgIpc) is 3.34. The van der Waals surface area contributed by atoms with Gasteiger partial charge in [0.15, 0.2) is 0 Å². The predicted octanol–water partition coefficient (Wildman–Crippen LogP) is 1.67. The van der Waals surface area contributed by atoms with E-state index >= 15 is 0 Å². The third-order valence-corrected chi connectivity index (χ3v) is 6.93. The molecule has 0 radical (unpaired) electrons. The van der Waals surface area contributed by atoms with E-state index in [1.807, 2.05) is 30.3 Å². The van der Waals surface area contributed by atoms with Gasteiger partial charge in [0.05, 0.1) is 0 Å². The van der Waals surface area contributed by atoms with Crippen molar-refractivity contribution >= 4 is 42.1 Å². The molecule has 0 bridgehead atoms. The molecule has 4 atom stereocenters. The second-order valence-electron chi connectivity index (χ2n) is 13.0. The minimum Gasteiger partial charge on any atom is -0.444 e. The lowest BCUT2D eigenvalue weighted by Crippen LogP contribution is -2.53. The van der Waals surface area contributed by atoms with E-state index in [0.717, 1.165) is 5.56 Å². The Hall–Kier alpha value is -5.29. The van der Waals surface area contributed by atoms with Crippen LogP contribution in [0.25, 0.3) is 0 Å². The van der Waals surface area contributed by atoms with Gasteiger partial charge in [-0.05, 0) is 54.0 Å². The van der Waals surface area contributed by atoms with Crippen LogP contribution < -0.4 is 37.2 Å². The quantitative estimate of drug-likeness (QED) is 0.132. The molecule has 0 saturated carbocycles. The lowest BCUT2D eigenvalue weighted by molar-refractivity contribution is -0.171. The van der Waals surface area contributed by atoms with E-state index < -0.39 is 65.8 Å². The summed E-state index contributed by atoms with van der Waals surface area (Å²) in [7, 11) is 0. The van der Waals surface area contributed by atoms with Crippen molar-refractivity contribution in [3.63, 3.8) is 0 Å². The summed E-state index contributed by atoms with van der Waals surface area (Å²) in [5.74, 6) is -1.21. The van der Waals surface area contributed by atoms with Crippen molar-refractivity contribution in [2.45, 2.75) is 97.6 Å². The number of carbonyl (C=O) groups is 7. The Labute approximate surface area is 292 Å². The maximum absolute atomic E-state index is 13.3. The van der Waals surface area contributed by atoms with Crippen LogP contribution in [0.4, 0.5) is 24.0 Å². The first kappa shape index (κ1) is 40.9. The van der Waals surface area contributed by atoms with E-state index in [4.69, 9.17) is 9.57 Å². The van der Waals surface area contributed by atoms with Crippen LogP contribution in [0.15, 0.2) is 30.3 Å². The van der Waals surface area contributed by atoms with Crippen molar-refractivity contribution in [2.75, 3.05) is 26.2 Å². The number of hydrogen-bond donors (Lipinski definition) is 7. The monoisotopic (exact) mass is 705 g/mol. The molecule has 0 unspecified atom stereocenters. The summed E-state index contributed by atoms with van der Waals surface area (Å²) in [6.45, 7) is 12.6. The number of benzene rings is 1. The summed E-state index contributed by atoms with van der Waals surface area (Å²) in [5.41, 5.74) is 0.193. The summed E-state index contributed by atoms with van der Waals surface area (Å²) in [5, 5.41) is 19.1. The van der Waals surface area contributed by atoms with Crippen LogP contribution in [0.3, 0.4) is 0 Å². The van der Waals surface area contributed by atoms with Gasteiger partial charge in [-0.25, -0.2) is 24.0 Å². The van der Waals surface area contributed by atoms with E-state index in [0.29, 0.717) is 5.06 Å². The van der Waals surface area contributed by atoms with Gasteiger partial charge in [0.25, 0.3) is 11.8 Å². The van der Waals surface area contributed by atoms with Crippen molar-refractivity contribution in [1.29, 1.82) is 0 Å². The average molecular weight is 706 g/mol. The highest BCUT2D eigenvalue weighted by Crippen LogP contribution is 2.13. The zero-order valence-corrected chi connectivity index (χ0v) is 29.7. The maximum atomic E-state index is 13.3. The van der Waals surface area contributed by atoms with Gasteiger partial charge in [0, 0.05) is 69.7 Å². The normalized spacial score (nSPS) is 15.1. The summed E-state index contributed by atoms with van der Waals surface area (Å²) in [6, 6.07) is 5.89. The van der Waals surface area contributed by atoms with Gasteiger partial charge in [-0.1, -0.05) is 30.3 Å². The Morgan fingerprint density at radius 2 is 1.22 bits per heavy atom. The molecule has 1 heterocycles. The second kappa shape index (κ2) is 19.6. The number of ether oxygens (including phenoxy) is 1. The lowest BCUT2D eigenvalue weighted by Gasteiger charge is -2.30. The van der Waals surface area contributed by atoms with E-state index in [9.17, 15) is 33.6 Å². The number of rotatable bonds is 15. The van der Waals surface area contributed by atoms with Crippen molar-refractivity contribution in [3.8, 4) is 0 Å². The number of nitrogens with zero attached hydrogens (tertiary/aromatic N) is 2. The van der Waals surface area contributed by atoms with E-state index in [2.05, 4.69) is 37.2 Å². The minimum atomic E-state index is -1.00. The van der Waals surface area contributed by atoms with Gasteiger partial charge in [-0.2, -0.15) is 0 Å². The Bertz CT molecular complexity index is 1320. The summed E-state index contributed by atoms with van der Waals surface area (Å²) in [6.07, 6.45) is -1.66. The van der Waals surface area contributed by atoms with Crippen LogP contribution in [0.5, 0.6) is 0 Å². The molecule has 2 rings (SSSR count). The molecule has 1 saturated heterocycles. The fourth-order valence-corrected chi connectivity index (χ4v) is 4.37. The van der Waals surface area contributed by atoms with Crippen LogP contribution in [0.1, 0.15) is 66.9 Å². The molecule has 0 spiro atoms. The predicted molar refractivity (Wildman–Crippen MR) is 181 cm³/mol. The molecule has 1 aliphatic heterocycles. The first-order chi connectivity index (χ1) is 23.4. The van der Waals surface area contributed by atoms with Gasteiger partial charge in [-0.3, -0.25) is 9.59 Å². The molecular formula is C32H51N9O9. The summed E-state index contributed by atoms with van der Waals surface area (Å²) >= 11 is 0. The van der Waals surface area contributed by atoms with E-state index in [-0.39, 0.29) is 51.6 Å². The topological polar surface area (TPSA) is 229 Å². The smallest absolute Gasteiger partial charge is 0.432 e. The summed E-state index contributed by atoms with van der Waals surface area (Å²) < 4.78 is 5.19. The largest absolute Gasteiger partial charge is 0.444 e. The number of amides is 10. The zero-order chi connectivity index (χ0) is 37.4. The van der Waals surface area contributed by atoms with Crippen LogP contribution in [-0.2, 0) is 25.7 Å². The van der Waals surface area contributed by atoms with Crippen molar-refractivity contribution in [2.24, 2.45) is 0 Å². The molecule has 18 heteroatoms. The van der Waals surface area contributed by atoms with Crippen molar-refractivity contribution in [3.05, 3.63) is 35.9 Å². The number of nitrogens with one attached hydrogen (secondary N) is 7. The molecule has 0 aliphatic carbocycles. The van der Waals surface area contributed by atoms with Crippen LogP contribution in [-0.4, -0.2) is 108 Å². The Morgan fingerprint density at radius 1 is 0.720 bits per heavy atom. The first-order valence-electron chi connectivity index (χ1n) is 16.4. The summed E-state index contributed by atoms with van der Waals surface area (Å²) in [4.78, 5) is 91.9. The molecule has 1 aromatic carbocycles. The number of urea groups is 3. The van der Waals surface area contributed by atoms with Gasteiger partial charge in [0.2, 0.25) is 0 Å². The van der Waals surface area contributed by atoms with Gasteiger partial charge in [0.1, 0.15) is 5.60 Å².